The average Bonchev–Trinajstić information content (AvgIpc) is 2.84. The van der Waals surface area contributed by atoms with Crippen LogP contribution in [-0.2, 0) is 21.2 Å². The Morgan fingerprint density at radius 1 is 1.32 bits per heavy atom. The van der Waals surface area contributed by atoms with Crippen LogP contribution in [0.25, 0.3) is 0 Å². The molecule has 0 fully saturated rings. The molecule has 0 amide bonds. The fourth-order valence-corrected chi connectivity index (χ4v) is 2.50. The number of hydrogen-bond acceptors (Lipinski definition) is 4. The zero-order valence-electron chi connectivity index (χ0n) is 10.5. The van der Waals surface area contributed by atoms with Gasteiger partial charge in [0.1, 0.15) is 0 Å². The highest BCUT2D eigenvalue weighted by molar-refractivity contribution is 7.92. The summed E-state index contributed by atoms with van der Waals surface area (Å²) in [6.45, 7) is 0.567. The minimum absolute atomic E-state index is 0.198. The van der Waals surface area contributed by atoms with Crippen LogP contribution in [0.3, 0.4) is 0 Å². The van der Waals surface area contributed by atoms with Gasteiger partial charge in [-0.1, -0.05) is 18.2 Å². The summed E-state index contributed by atoms with van der Waals surface area (Å²) >= 11 is 0. The summed E-state index contributed by atoms with van der Waals surface area (Å²) in [7, 11) is -1.99. The highest BCUT2D eigenvalue weighted by Gasteiger charge is 2.13. The van der Waals surface area contributed by atoms with Crippen molar-refractivity contribution in [1.29, 1.82) is 0 Å². The number of rotatable bonds is 6. The Labute approximate surface area is 112 Å². The topological polar surface area (TPSA) is 73.2 Å². The number of hydrogen-bond donors (Lipinski definition) is 1. The van der Waals surface area contributed by atoms with E-state index >= 15 is 0 Å². The van der Waals surface area contributed by atoms with Crippen LogP contribution in [-0.4, -0.2) is 32.0 Å². The predicted molar refractivity (Wildman–Crippen MR) is 70.8 cm³/mol. The maximum atomic E-state index is 12.0. The first kappa shape index (κ1) is 13.6. The van der Waals surface area contributed by atoms with Gasteiger partial charge >= 0.3 is 0 Å². The molecule has 0 atom stereocenters. The van der Waals surface area contributed by atoms with Gasteiger partial charge in [0.2, 0.25) is 0 Å². The summed E-state index contributed by atoms with van der Waals surface area (Å²) in [5.74, 6) is 0. The van der Waals surface area contributed by atoms with E-state index in [-0.39, 0.29) is 4.90 Å². The van der Waals surface area contributed by atoms with Gasteiger partial charge in [0, 0.05) is 7.11 Å². The molecule has 1 N–H and O–H groups in total. The highest BCUT2D eigenvalue weighted by Crippen LogP contribution is 2.08. The van der Waals surface area contributed by atoms with Gasteiger partial charge in [0.15, 0.2) is 0 Å². The minimum Gasteiger partial charge on any atom is -0.384 e. The molecule has 102 valence electrons. The van der Waals surface area contributed by atoms with E-state index in [1.165, 1.54) is 16.9 Å². The smallest absolute Gasteiger partial charge is 0.276 e. The molecule has 6 nitrogen and oxygen atoms in total. The van der Waals surface area contributed by atoms with Crippen LogP contribution < -0.4 is 4.83 Å². The van der Waals surface area contributed by atoms with Crippen molar-refractivity contribution < 1.29 is 13.2 Å². The third kappa shape index (κ3) is 3.55. The third-order valence-corrected chi connectivity index (χ3v) is 3.82. The van der Waals surface area contributed by atoms with E-state index in [1.54, 1.807) is 37.7 Å². The molecule has 0 saturated heterocycles. The molecule has 0 aliphatic heterocycles. The fourth-order valence-electron chi connectivity index (χ4n) is 1.53. The Hall–Kier alpha value is -1.86. The average molecular weight is 281 g/mol. The molecule has 19 heavy (non-hydrogen) atoms. The van der Waals surface area contributed by atoms with Gasteiger partial charge in [0.05, 0.1) is 23.9 Å². The van der Waals surface area contributed by atoms with Crippen molar-refractivity contribution in [2.45, 2.75) is 11.3 Å². The number of ether oxygens (including phenoxy) is 1. The van der Waals surface area contributed by atoms with E-state index in [0.717, 1.165) is 5.56 Å². The van der Waals surface area contributed by atoms with Crippen LogP contribution in [0, 0.1) is 0 Å². The van der Waals surface area contributed by atoms with E-state index in [0.29, 0.717) is 13.0 Å². The Morgan fingerprint density at radius 2 is 2.05 bits per heavy atom. The lowest BCUT2D eigenvalue weighted by molar-refractivity contribution is 0.202. The number of benzene rings is 1. The molecule has 0 bridgehead atoms. The Balaban J connectivity index is 2.10. The Kier molecular flexibility index (Phi) is 4.18. The standard InChI is InChI=1S/C12H15N3O3S/c1-18-8-7-11-9-13-15(10-11)14-19(16,17)12-5-3-2-4-6-12/h2-6,9-10,14H,7-8H2,1H3. The minimum atomic E-state index is -3.60. The van der Waals surface area contributed by atoms with E-state index in [9.17, 15) is 8.42 Å². The van der Waals surface area contributed by atoms with Crippen molar-refractivity contribution in [3.05, 3.63) is 48.3 Å². The van der Waals surface area contributed by atoms with Crippen molar-refractivity contribution in [3.8, 4) is 0 Å². The zero-order valence-corrected chi connectivity index (χ0v) is 11.3. The van der Waals surface area contributed by atoms with Crippen LogP contribution in [0.4, 0.5) is 0 Å². The van der Waals surface area contributed by atoms with Crippen molar-refractivity contribution in [2.75, 3.05) is 18.5 Å². The predicted octanol–water partition coefficient (Wildman–Crippen LogP) is 1.00. The third-order valence-electron chi connectivity index (χ3n) is 2.50. The lowest BCUT2D eigenvalue weighted by atomic mass is 10.3. The Morgan fingerprint density at radius 3 is 2.74 bits per heavy atom. The fraction of sp³-hybridized carbons (Fsp3) is 0.250. The Bertz CT molecular complexity index is 623. The summed E-state index contributed by atoms with van der Waals surface area (Å²) < 4.78 is 29.0. The first-order chi connectivity index (χ1) is 9.12. The van der Waals surface area contributed by atoms with Crippen LogP contribution in [0.2, 0.25) is 0 Å². The van der Waals surface area contributed by atoms with Gasteiger partial charge in [-0.25, -0.2) is 4.83 Å². The van der Waals surface area contributed by atoms with Gasteiger partial charge in [0.25, 0.3) is 10.0 Å². The number of aromatic nitrogens is 2. The number of sulfonamides is 1. The van der Waals surface area contributed by atoms with Gasteiger partial charge in [-0.15, -0.1) is 0 Å². The van der Waals surface area contributed by atoms with E-state index in [4.69, 9.17) is 4.74 Å². The molecule has 0 aliphatic carbocycles. The van der Waals surface area contributed by atoms with Crippen molar-refractivity contribution in [3.63, 3.8) is 0 Å². The molecule has 7 heteroatoms. The van der Waals surface area contributed by atoms with Crippen molar-refractivity contribution in [1.82, 2.24) is 9.89 Å². The van der Waals surface area contributed by atoms with Gasteiger partial charge in [-0.2, -0.15) is 18.3 Å². The largest absolute Gasteiger partial charge is 0.384 e. The zero-order chi connectivity index (χ0) is 13.7. The molecule has 1 aromatic heterocycles. The molecule has 1 aromatic carbocycles. The van der Waals surface area contributed by atoms with Gasteiger partial charge in [-0.3, -0.25) is 0 Å². The first-order valence-electron chi connectivity index (χ1n) is 5.72. The van der Waals surface area contributed by atoms with Crippen LogP contribution in [0.5, 0.6) is 0 Å². The van der Waals surface area contributed by atoms with Gasteiger partial charge in [-0.05, 0) is 24.1 Å². The summed E-state index contributed by atoms with van der Waals surface area (Å²) in [4.78, 5) is 3.75. The highest BCUT2D eigenvalue weighted by atomic mass is 32.2. The molecule has 0 radical (unpaired) electrons. The maximum absolute atomic E-state index is 12.0. The van der Waals surface area contributed by atoms with Gasteiger partial charge < -0.3 is 4.74 Å². The lowest BCUT2D eigenvalue weighted by Gasteiger charge is -2.06. The second-order valence-corrected chi connectivity index (χ2v) is 5.60. The molecule has 0 saturated carbocycles. The second-order valence-electron chi connectivity index (χ2n) is 3.94. The summed E-state index contributed by atoms with van der Waals surface area (Å²) in [5, 5.41) is 3.95. The number of nitrogens with one attached hydrogen (secondary N) is 1. The summed E-state index contributed by atoms with van der Waals surface area (Å²) in [5.41, 5.74) is 0.901. The molecular formula is C12H15N3O3S. The second kappa shape index (κ2) is 5.85. The summed E-state index contributed by atoms with van der Waals surface area (Å²) in [6, 6.07) is 8.15. The number of nitrogens with zero attached hydrogens (tertiary/aromatic N) is 2. The van der Waals surface area contributed by atoms with E-state index in [1.807, 2.05) is 0 Å². The normalized spacial score (nSPS) is 11.4. The molecule has 0 spiro atoms. The first-order valence-corrected chi connectivity index (χ1v) is 7.20. The molecular weight excluding hydrogens is 266 g/mol. The van der Waals surface area contributed by atoms with Crippen LogP contribution in [0.1, 0.15) is 5.56 Å². The van der Waals surface area contributed by atoms with Crippen LogP contribution in [0.15, 0.2) is 47.6 Å². The molecule has 0 aliphatic rings. The molecule has 2 rings (SSSR count). The quantitative estimate of drug-likeness (QED) is 0.857. The molecule has 0 unspecified atom stereocenters. The number of methoxy groups -OCH3 is 1. The molecule has 1 heterocycles. The SMILES string of the molecule is COCCc1cnn(NS(=O)(=O)c2ccccc2)c1. The van der Waals surface area contributed by atoms with Crippen LogP contribution >= 0.6 is 0 Å². The maximum Gasteiger partial charge on any atom is 0.276 e. The molecule has 2 aromatic rings. The van der Waals surface area contributed by atoms with E-state index < -0.39 is 10.0 Å². The van der Waals surface area contributed by atoms with Crippen molar-refractivity contribution >= 4 is 10.0 Å². The van der Waals surface area contributed by atoms with Crippen molar-refractivity contribution in [2.24, 2.45) is 0 Å². The lowest BCUT2D eigenvalue weighted by Crippen LogP contribution is -2.23. The monoisotopic (exact) mass is 281 g/mol. The summed E-state index contributed by atoms with van der Waals surface area (Å²) in [6.07, 6.45) is 3.91. The van der Waals surface area contributed by atoms with E-state index in [2.05, 4.69) is 9.93 Å².